The zero-order chi connectivity index (χ0) is 11.3. The highest BCUT2D eigenvalue weighted by Crippen LogP contribution is 2.14. The van der Waals surface area contributed by atoms with Crippen molar-refractivity contribution in [1.29, 1.82) is 0 Å². The molecular weight excluding hydrogens is 194 g/mol. The molecule has 4 heteroatoms. The first kappa shape index (κ1) is 11.1. The Balaban J connectivity index is 2.80. The summed E-state index contributed by atoms with van der Waals surface area (Å²) in [5, 5.41) is 8.75. The molecule has 1 aromatic heterocycles. The van der Waals surface area contributed by atoms with Crippen LogP contribution in [0.2, 0.25) is 0 Å². The molecule has 0 aliphatic heterocycles. The number of hydrogen-bond acceptors (Lipinski definition) is 3. The van der Waals surface area contributed by atoms with Gasteiger partial charge in [0.25, 0.3) is 0 Å². The van der Waals surface area contributed by atoms with Gasteiger partial charge in [0.2, 0.25) is 0 Å². The maximum Gasteiger partial charge on any atom is 0.354 e. The van der Waals surface area contributed by atoms with E-state index in [4.69, 9.17) is 9.84 Å². The normalized spacial score (nSPS) is 8.93. The number of ether oxygens (including phenoxy) is 1. The lowest BCUT2D eigenvalue weighted by Gasteiger charge is -2.04. The maximum absolute atomic E-state index is 10.7. The summed E-state index contributed by atoms with van der Waals surface area (Å²) in [7, 11) is 0. The SMILES string of the molecule is CC#CCOc1cnc(C(=O)O)c(C)c1. The van der Waals surface area contributed by atoms with Crippen molar-refractivity contribution in [2.24, 2.45) is 0 Å². The van der Waals surface area contributed by atoms with Gasteiger partial charge < -0.3 is 9.84 Å². The second-order valence-corrected chi connectivity index (χ2v) is 2.86. The van der Waals surface area contributed by atoms with E-state index >= 15 is 0 Å². The Morgan fingerprint density at radius 2 is 2.40 bits per heavy atom. The standard InChI is InChI=1S/C11H11NO3/c1-3-4-5-15-9-6-8(2)10(11(13)14)12-7-9/h6-7H,5H2,1-2H3,(H,13,14). The Hall–Kier alpha value is -2.02. The van der Waals surface area contributed by atoms with Gasteiger partial charge in [-0.15, -0.1) is 5.92 Å². The van der Waals surface area contributed by atoms with Gasteiger partial charge in [-0.25, -0.2) is 9.78 Å². The fraction of sp³-hybridized carbons (Fsp3) is 0.273. The predicted octanol–water partition coefficient (Wildman–Crippen LogP) is 1.49. The van der Waals surface area contributed by atoms with E-state index < -0.39 is 5.97 Å². The van der Waals surface area contributed by atoms with Crippen molar-refractivity contribution in [1.82, 2.24) is 4.98 Å². The quantitative estimate of drug-likeness (QED) is 0.759. The summed E-state index contributed by atoms with van der Waals surface area (Å²) in [5.41, 5.74) is 0.619. The molecule has 0 bridgehead atoms. The summed E-state index contributed by atoms with van der Waals surface area (Å²) in [6.45, 7) is 3.68. The number of nitrogens with zero attached hydrogens (tertiary/aromatic N) is 1. The molecule has 0 radical (unpaired) electrons. The first-order chi connectivity index (χ1) is 7.15. The van der Waals surface area contributed by atoms with Crippen LogP contribution in [0.1, 0.15) is 23.0 Å². The minimum atomic E-state index is -1.03. The van der Waals surface area contributed by atoms with Crippen molar-refractivity contribution in [3.05, 3.63) is 23.5 Å². The number of carboxylic acids is 1. The largest absolute Gasteiger partial charge is 0.479 e. The second kappa shape index (κ2) is 5.01. The van der Waals surface area contributed by atoms with Crippen LogP contribution in [0.15, 0.2) is 12.3 Å². The molecule has 1 N–H and O–H groups in total. The molecule has 1 heterocycles. The van der Waals surface area contributed by atoms with Gasteiger partial charge in [0.15, 0.2) is 5.69 Å². The number of hydrogen-bond donors (Lipinski definition) is 1. The Kier molecular flexibility index (Phi) is 3.69. The van der Waals surface area contributed by atoms with Crippen molar-refractivity contribution in [2.75, 3.05) is 6.61 Å². The average molecular weight is 205 g/mol. The second-order valence-electron chi connectivity index (χ2n) is 2.86. The molecule has 0 saturated carbocycles. The average Bonchev–Trinajstić information content (AvgIpc) is 2.17. The van der Waals surface area contributed by atoms with Crippen molar-refractivity contribution >= 4 is 5.97 Å². The Morgan fingerprint density at radius 1 is 1.67 bits per heavy atom. The van der Waals surface area contributed by atoms with E-state index in [-0.39, 0.29) is 12.3 Å². The van der Waals surface area contributed by atoms with Crippen LogP contribution in [0.4, 0.5) is 0 Å². The van der Waals surface area contributed by atoms with Crippen molar-refractivity contribution in [2.45, 2.75) is 13.8 Å². The van der Waals surface area contributed by atoms with Crippen LogP contribution in [0.3, 0.4) is 0 Å². The fourth-order valence-corrected chi connectivity index (χ4v) is 1.04. The molecule has 1 aromatic rings. The molecular formula is C11H11NO3. The number of carbonyl (C=O) groups is 1. The molecule has 1 rings (SSSR count). The highest BCUT2D eigenvalue weighted by atomic mass is 16.5. The zero-order valence-corrected chi connectivity index (χ0v) is 8.57. The van der Waals surface area contributed by atoms with Gasteiger partial charge in [0.05, 0.1) is 6.20 Å². The lowest BCUT2D eigenvalue weighted by molar-refractivity contribution is 0.0689. The van der Waals surface area contributed by atoms with E-state index in [9.17, 15) is 4.79 Å². The summed E-state index contributed by atoms with van der Waals surface area (Å²) in [5.74, 6) is 4.92. The molecule has 0 aliphatic rings. The van der Waals surface area contributed by atoms with Crippen LogP contribution in [-0.2, 0) is 0 Å². The lowest BCUT2D eigenvalue weighted by atomic mass is 10.2. The summed E-state index contributed by atoms with van der Waals surface area (Å²) in [6.07, 6.45) is 1.38. The molecule has 15 heavy (non-hydrogen) atoms. The van der Waals surface area contributed by atoms with Gasteiger partial charge in [-0.1, -0.05) is 5.92 Å². The van der Waals surface area contributed by atoms with Crippen molar-refractivity contribution in [3.8, 4) is 17.6 Å². The number of aryl methyl sites for hydroxylation is 1. The Bertz CT molecular complexity index is 429. The third-order valence-corrected chi connectivity index (χ3v) is 1.74. The van der Waals surface area contributed by atoms with E-state index in [2.05, 4.69) is 16.8 Å². The molecule has 0 atom stereocenters. The molecule has 78 valence electrons. The van der Waals surface area contributed by atoms with Gasteiger partial charge in [0, 0.05) is 0 Å². The number of carboxylic acid groups (broad SMARTS) is 1. The molecule has 0 saturated heterocycles. The molecule has 0 amide bonds. The third-order valence-electron chi connectivity index (χ3n) is 1.74. The highest BCUT2D eigenvalue weighted by Gasteiger charge is 2.09. The monoisotopic (exact) mass is 205 g/mol. The zero-order valence-electron chi connectivity index (χ0n) is 8.57. The number of aromatic nitrogens is 1. The van der Waals surface area contributed by atoms with Gasteiger partial charge in [0.1, 0.15) is 12.4 Å². The van der Waals surface area contributed by atoms with E-state index in [0.29, 0.717) is 11.3 Å². The first-order valence-electron chi connectivity index (χ1n) is 4.37. The predicted molar refractivity (Wildman–Crippen MR) is 54.9 cm³/mol. The van der Waals surface area contributed by atoms with Crippen LogP contribution in [-0.4, -0.2) is 22.7 Å². The van der Waals surface area contributed by atoms with Crippen LogP contribution in [0.5, 0.6) is 5.75 Å². The number of pyridine rings is 1. The molecule has 0 fully saturated rings. The summed E-state index contributed by atoms with van der Waals surface area (Å²) >= 11 is 0. The number of rotatable bonds is 3. The minimum absolute atomic E-state index is 0.0453. The minimum Gasteiger partial charge on any atom is -0.479 e. The summed E-state index contributed by atoms with van der Waals surface area (Å²) < 4.78 is 5.23. The van der Waals surface area contributed by atoms with Gasteiger partial charge in [-0.2, -0.15) is 0 Å². The first-order valence-corrected chi connectivity index (χ1v) is 4.37. The van der Waals surface area contributed by atoms with Crippen LogP contribution in [0.25, 0.3) is 0 Å². The third kappa shape index (κ3) is 2.99. The van der Waals surface area contributed by atoms with Crippen LogP contribution in [0, 0.1) is 18.8 Å². The van der Waals surface area contributed by atoms with Crippen LogP contribution >= 0.6 is 0 Å². The van der Waals surface area contributed by atoms with Gasteiger partial charge in [-0.3, -0.25) is 0 Å². The van der Waals surface area contributed by atoms with E-state index in [1.807, 2.05) is 0 Å². The molecule has 4 nitrogen and oxygen atoms in total. The number of aromatic carboxylic acids is 1. The fourth-order valence-electron chi connectivity index (χ4n) is 1.04. The molecule has 0 aliphatic carbocycles. The van der Waals surface area contributed by atoms with E-state index in [1.54, 1.807) is 19.9 Å². The summed E-state index contributed by atoms with van der Waals surface area (Å²) in [6, 6.07) is 1.63. The molecule has 0 aromatic carbocycles. The smallest absolute Gasteiger partial charge is 0.354 e. The highest BCUT2D eigenvalue weighted by molar-refractivity contribution is 5.87. The summed E-state index contributed by atoms with van der Waals surface area (Å²) in [4.78, 5) is 14.5. The van der Waals surface area contributed by atoms with Crippen molar-refractivity contribution in [3.63, 3.8) is 0 Å². The molecule has 0 spiro atoms. The van der Waals surface area contributed by atoms with E-state index in [0.717, 1.165) is 0 Å². The van der Waals surface area contributed by atoms with Gasteiger partial charge in [-0.05, 0) is 25.5 Å². The maximum atomic E-state index is 10.7. The van der Waals surface area contributed by atoms with Crippen LogP contribution < -0.4 is 4.74 Å². The van der Waals surface area contributed by atoms with Crippen molar-refractivity contribution < 1.29 is 14.6 Å². The topological polar surface area (TPSA) is 59.4 Å². The lowest BCUT2D eigenvalue weighted by Crippen LogP contribution is -2.04. The Morgan fingerprint density at radius 3 is 2.93 bits per heavy atom. The molecule has 0 unspecified atom stereocenters. The Labute approximate surface area is 87.9 Å². The van der Waals surface area contributed by atoms with Gasteiger partial charge >= 0.3 is 5.97 Å². The van der Waals surface area contributed by atoms with E-state index in [1.165, 1.54) is 6.20 Å².